The number of anilines is 1. The molecule has 2 heterocycles. The van der Waals surface area contributed by atoms with Crippen molar-refractivity contribution in [2.24, 2.45) is 0 Å². The summed E-state index contributed by atoms with van der Waals surface area (Å²) in [6, 6.07) is 4.38. The van der Waals surface area contributed by atoms with E-state index in [2.05, 4.69) is 42.4 Å². The molecule has 0 bridgehead atoms. The van der Waals surface area contributed by atoms with Crippen molar-refractivity contribution in [3.8, 4) is 0 Å². The van der Waals surface area contributed by atoms with Gasteiger partial charge in [0.05, 0.1) is 5.69 Å². The van der Waals surface area contributed by atoms with Crippen LogP contribution in [0.2, 0.25) is 0 Å². The van der Waals surface area contributed by atoms with Crippen LogP contribution in [0.3, 0.4) is 0 Å². The van der Waals surface area contributed by atoms with Crippen LogP contribution in [0, 0.1) is 0 Å². The van der Waals surface area contributed by atoms with E-state index >= 15 is 0 Å². The van der Waals surface area contributed by atoms with Gasteiger partial charge in [0.2, 0.25) is 0 Å². The zero-order valence-corrected chi connectivity index (χ0v) is 10.9. The first-order valence-corrected chi connectivity index (χ1v) is 6.60. The van der Waals surface area contributed by atoms with Crippen LogP contribution in [-0.4, -0.2) is 18.1 Å². The van der Waals surface area contributed by atoms with Gasteiger partial charge in [-0.3, -0.25) is 0 Å². The molecule has 0 saturated carbocycles. The number of hydrogen-bond donors (Lipinski definition) is 0. The summed E-state index contributed by atoms with van der Waals surface area (Å²) in [5.74, 6) is 1.67. The number of rotatable bonds is 3. The minimum absolute atomic E-state index is 0.542. The third-order valence-corrected chi connectivity index (χ3v) is 3.41. The second-order valence-corrected chi connectivity index (χ2v) is 5.09. The van der Waals surface area contributed by atoms with Gasteiger partial charge in [-0.2, -0.15) is 0 Å². The minimum atomic E-state index is 0.542. The summed E-state index contributed by atoms with van der Waals surface area (Å²) in [4.78, 5) is 7.07. The van der Waals surface area contributed by atoms with E-state index in [0.717, 1.165) is 24.6 Å². The number of piperidine rings is 1. The quantitative estimate of drug-likeness (QED) is 0.784. The van der Waals surface area contributed by atoms with Crippen molar-refractivity contribution >= 4 is 11.9 Å². The summed E-state index contributed by atoms with van der Waals surface area (Å²) in [6.07, 6.45) is 5.78. The predicted molar refractivity (Wildman–Crippen MR) is 74.5 cm³/mol. The van der Waals surface area contributed by atoms with Crippen LogP contribution in [0.1, 0.15) is 50.3 Å². The van der Waals surface area contributed by atoms with Gasteiger partial charge >= 0.3 is 0 Å². The summed E-state index contributed by atoms with van der Waals surface area (Å²) in [7, 11) is 0. The number of pyridine rings is 1. The summed E-state index contributed by atoms with van der Waals surface area (Å²) in [5.41, 5.74) is 2.35. The Morgan fingerprint density at radius 1 is 1.24 bits per heavy atom. The largest absolute Gasteiger partial charge is 0.357 e. The molecule has 1 fully saturated rings. The zero-order chi connectivity index (χ0) is 12.3. The smallest absolute Gasteiger partial charge is 0.129 e. The molecule has 0 N–H and O–H groups in total. The van der Waals surface area contributed by atoms with Crippen LogP contribution in [0.25, 0.3) is 6.08 Å². The van der Waals surface area contributed by atoms with Gasteiger partial charge in [0.1, 0.15) is 5.82 Å². The lowest BCUT2D eigenvalue weighted by atomic mass is 10.0. The molecule has 0 unspecified atom stereocenters. The van der Waals surface area contributed by atoms with Crippen molar-refractivity contribution in [3.05, 3.63) is 30.0 Å². The Kier molecular flexibility index (Phi) is 3.82. The monoisotopic (exact) mass is 230 g/mol. The number of hydrogen-bond acceptors (Lipinski definition) is 2. The van der Waals surface area contributed by atoms with Crippen molar-refractivity contribution in [1.29, 1.82) is 0 Å². The molecular formula is C15H22N2. The fourth-order valence-corrected chi connectivity index (χ4v) is 2.28. The molecule has 0 atom stereocenters. The van der Waals surface area contributed by atoms with Crippen molar-refractivity contribution in [1.82, 2.24) is 4.98 Å². The highest BCUT2D eigenvalue weighted by atomic mass is 15.2. The van der Waals surface area contributed by atoms with Crippen molar-refractivity contribution < 1.29 is 0 Å². The normalized spacial score (nSPS) is 16.3. The molecule has 0 amide bonds. The molecule has 17 heavy (non-hydrogen) atoms. The molecule has 1 aromatic rings. The maximum absolute atomic E-state index is 4.67. The molecule has 2 nitrogen and oxygen atoms in total. The van der Waals surface area contributed by atoms with Crippen LogP contribution in [0.15, 0.2) is 18.7 Å². The van der Waals surface area contributed by atoms with Crippen LogP contribution < -0.4 is 4.90 Å². The molecule has 1 aliphatic heterocycles. The van der Waals surface area contributed by atoms with Gasteiger partial charge in [-0.15, -0.1) is 0 Å². The van der Waals surface area contributed by atoms with E-state index in [4.69, 9.17) is 0 Å². The number of nitrogens with zero attached hydrogens (tertiary/aromatic N) is 2. The third kappa shape index (κ3) is 2.87. The lowest BCUT2D eigenvalue weighted by Gasteiger charge is -2.28. The van der Waals surface area contributed by atoms with Gasteiger partial charge in [-0.05, 0) is 49.0 Å². The van der Waals surface area contributed by atoms with Gasteiger partial charge in [-0.25, -0.2) is 4.98 Å². The summed E-state index contributed by atoms with van der Waals surface area (Å²) in [5, 5.41) is 0. The van der Waals surface area contributed by atoms with Gasteiger partial charge in [0.15, 0.2) is 0 Å². The van der Waals surface area contributed by atoms with Gasteiger partial charge < -0.3 is 4.90 Å². The molecule has 0 aromatic carbocycles. The van der Waals surface area contributed by atoms with Crippen molar-refractivity contribution in [2.45, 2.75) is 39.0 Å². The highest BCUT2D eigenvalue weighted by Gasteiger charge is 2.14. The van der Waals surface area contributed by atoms with E-state index < -0.39 is 0 Å². The second kappa shape index (κ2) is 5.35. The lowest BCUT2D eigenvalue weighted by Crippen LogP contribution is -2.30. The summed E-state index contributed by atoms with van der Waals surface area (Å²) >= 11 is 0. The molecule has 1 aliphatic rings. The standard InChI is InChI=1S/C15H22N2/c1-4-14-10-13(12(2)3)11-15(16-14)17-8-6-5-7-9-17/h4,10-12H,1,5-9H2,2-3H3. The third-order valence-electron chi connectivity index (χ3n) is 3.41. The fourth-order valence-electron chi connectivity index (χ4n) is 2.28. The maximum Gasteiger partial charge on any atom is 0.129 e. The lowest BCUT2D eigenvalue weighted by molar-refractivity contribution is 0.573. The molecule has 0 spiro atoms. The predicted octanol–water partition coefficient (Wildman–Crippen LogP) is 3.84. The molecule has 2 heteroatoms. The molecule has 92 valence electrons. The van der Waals surface area contributed by atoms with Gasteiger partial charge in [0.25, 0.3) is 0 Å². The molecule has 0 radical (unpaired) electrons. The summed E-state index contributed by atoms with van der Waals surface area (Å²) < 4.78 is 0. The van der Waals surface area contributed by atoms with Gasteiger partial charge in [0, 0.05) is 13.1 Å². The Bertz CT molecular complexity index is 390. The molecule has 0 aliphatic carbocycles. The van der Waals surface area contributed by atoms with Gasteiger partial charge in [-0.1, -0.05) is 20.4 Å². The Labute approximate surface area is 104 Å². The molecular weight excluding hydrogens is 208 g/mol. The Morgan fingerprint density at radius 3 is 2.53 bits per heavy atom. The van der Waals surface area contributed by atoms with Crippen LogP contribution in [0.4, 0.5) is 5.82 Å². The highest BCUT2D eigenvalue weighted by Crippen LogP contribution is 2.24. The van der Waals surface area contributed by atoms with Crippen LogP contribution in [-0.2, 0) is 0 Å². The first kappa shape index (κ1) is 12.2. The number of aromatic nitrogens is 1. The Balaban J connectivity index is 2.31. The van der Waals surface area contributed by atoms with E-state index in [1.807, 2.05) is 6.08 Å². The second-order valence-electron chi connectivity index (χ2n) is 5.09. The molecule has 2 rings (SSSR count). The highest BCUT2D eigenvalue weighted by molar-refractivity contribution is 5.51. The van der Waals surface area contributed by atoms with Crippen molar-refractivity contribution in [3.63, 3.8) is 0 Å². The summed E-state index contributed by atoms with van der Waals surface area (Å²) in [6.45, 7) is 10.6. The first-order valence-electron chi connectivity index (χ1n) is 6.60. The van der Waals surface area contributed by atoms with E-state index in [1.165, 1.54) is 24.8 Å². The van der Waals surface area contributed by atoms with E-state index in [0.29, 0.717) is 5.92 Å². The van der Waals surface area contributed by atoms with E-state index in [-0.39, 0.29) is 0 Å². The first-order chi connectivity index (χ1) is 8.20. The Morgan fingerprint density at radius 2 is 1.94 bits per heavy atom. The maximum atomic E-state index is 4.67. The van der Waals surface area contributed by atoms with Crippen LogP contribution in [0.5, 0.6) is 0 Å². The van der Waals surface area contributed by atoms with E-state index in [9.17, 15) is 0 Å². The van der Waals surface area contributed by atoms with E-state index in [1.54, 1.807) is 0 Å². The van der Waals surface area contributed by atoms with Crippen LogP contribution >= 0.6 is 0 Å². The molecule has 1 aromatic heterocycles. The minimum Gasteiger partial charge on any atom is -0.357 e. The Hall–Kier alpha value is -1.31. The topological polar surface area (TPSA) is 16.1 Å². The fraction of sp³-hybridized carbons (Fsp3) is 0.533. The zero-order valence-electron chi connectivity index (χ0n) is 10.9. The molecule has 1 saturated heterocycles. The van der Waals surface area contributed by atoms with Crippen molar-refractivity contribution in [2.75, 3.05) is 18.0 Å². The SMILES string of the molecule is C=Cc1cc(C(C)C)cc(N2CCCCC2)n1. The average molecular weight is 230 g/mol. The average Bonchev–Trinajstić information content (AvgIpc) is 2.39.